The molecule has 0 fully saturated rings. The van der Waals surface area contributed by atoms with E-state index in [-0.39, 0.29) is 17.9 Å². The van der Waals surface area contributed by atoms with Crippen LogP contribution < -0.4 is 5.32 Å². The van der Waals surface area contributed by atoms with Crippen molar-refractivity contribution in [3.05, 3.63) is 12.7 Å². The molecule has 13 heavy (non-hydrogen) atoms. The highest BCUT2D eigenvalue weighted by molar-refractivity contribution is 5.79. The Morgan fingerprint density at radius 3 is 2.23 bits per heavy atom. The Kier molecular flexibility index (Phi) is 5.44. The maximum Gasteiger partial charge on any atom is 0.223 e. The third-order valence-electron chi connectivity index (χ3n) is 1.99. The summed E-state index contributed by atoms with van der Waals surface area (Å²) >= 11 is 0. The summed E-state index contributed by atoms with van der Waals surface area (Å²) in [6, 6.07) is 0.221. The molecule has 0 aromatic rings. The quantitative estimate of drug-likeness (QED) is 0.651. The molecule has 0 saturated heterocycles. The first-order chi connectivity index (χ1) is 5.99. The van der Waals surface area contributed by atoms with Gasteiger partial charge in [-0.25, -0.2) is 0 Å². The van der Waals surface area contributed by atoms with Gasteiger partial charge in [0.25, 0.3) is 0 Å². The lowest BCUT2D eigenvalue weighted by Gasteiger charge is -2.20. The minimum atomic E-state index is 0.0694. The molecule has 76 valence electrons. The predicted molar refractivity (Wildman–Crippen MR) is 56.4 cm³/mol. The Bertz CT molecular complexity index is 173. The fourth-order valence-corrected chi connectivity index (χ4v) is 1.25. The highest BCUT2D eigenvalue weighted by Crippen LogP contribution is 2.15. The van der Waals surface area contributed by atoms with Gasteiger partial charge in [-0.05, 0) is 26.2 Å². The summed E-state index contributed by atoms with van der Waals surface area (Å²) in [6.07, 6.45) is 2.57. The van der Waals surface area contributed by atoms with Crippen molar-refractivity contribution in [1.29, 1.82) is 0 Å². The van der Waals surface area contributed by atoms with Gasteiger partial charge >= 0.3 is 0 Å². The summed E-state index contributed by atoms with van der Waals surface area (Å²) in [4.78, 5) is 11.6. The van der Waals surface area contributed by atoms with Gasteiger partial charge in [0, 0.05) is 12.0 Å². The van der Waals surface area contributed by atoms with E-state index < -0.39 is 0 Å². The minimum absolute atomic E-state index is 0.0694. The minimum Gasteiger partial charge on any atom is -0.354 e. The van der Waals surface area contributed by atoms with E-state index in [1.807, 2.05) is 19.9 Å². The lowest BCUT2D eigenvalue weighted by Crippen LogP contribution is -2.37. The van der Waals surface area contributed by atoms with Crippen LogP contribution in [0.1, 0.15) is 34.1 Å². The molecule has 0 rings (SSSR count). The van der Waals surface area contributed by atoms with Gasteiger partial charge in [-0.15, -0.1) is 6.58 Å². The Labute approximate surface area is 81.4 Å². The zero-order chi connectivity index (χ0) is 10.4. The Balaban J connectivity index is 4.19. The van der Waals surface area contributed by atoms with E-state index in [0.717, 1.165) is 6.42 Å². The fraction of sp³-hybridized carbons (Fsp3) is 0.727. The van der Waals surface area contributed by atoms with Crippen LogP contribution in [-0.2, 0) is 4.79 Å². The van der Waals surface area contributed by atoms with Crippen LogP contribution in [0.25, 0.3) is 0 Å². The summed E-state index contributed by atoms with van der Waals surface area (Å²) < 4.78 is 0. The average molecular weight is 183 g/mol. The summed E-state index contributed by atoms with van der Waals surface area (Å²) in [5.74, 6) is 0.585. The van der Waals surface area contributed by atoms with E-state index in [2.05, 4.69) is 25.7 Å². The predicted octanol–water partition coefficient (Wildman–Crippen LogP) is 2.36. The van der Waals surface area contributed by atoms with Crippen molar-refractivity contribution in [2.75, 3.05) is 0 Å². The zero-order valence-corrected chi connectivity index (χ0v) is 9.13. The SMILES string of the molecule is C=CCC(C(=O)NC(C)C)C(C)C. The van der Waals surface area contributed by atoms with E-state index in [1.165, 1.54) is 0 Å². The molecule has 0 aromatic heterocycles. The van der Waals surface area contributed by atoms with Crippen LogP contribution in [0.3, 0.4) is 0 Å². The van der Waals surface area contributed by atoms with Crippen molar-refractivity contribution in [3.8, 4) is 0 Å². The summed E-state index contributed by atoms with van der Waals surface area (Å²) in [5.41, 5.74) is 0. The molecule has 0 aliphatic carbocycles. The number of amides is 1. The molecule has 0 bridgehead atoms. The molecule has 0 radical (unpaired) electrons. The smallest absolute Gasteiger partial charge is 0.223 e. The fourth-order valence-electron chi connectivity index (χ4n) is 1.25. The van der Waals surface area contributed by atoms with Gasteiger partial charge in [-0.3, -0.25) is 4.79 Å². The normalized spacial score (nSPS) is 13.1. The lowest BCUT2D eigenvalue weighted by atomic mass is 9.91. The monoisotopic (exact) mass is 183 g/mol. The van der Waals surface area contributed by atoms with Crippen molar-refractivity contribution < 1.29 is 4.79 Å². The third-order valence-corrected chi connectivity index (χ3v) is 1.99. The molecule has 1 atom stereocenters. The summed E-state index contributed by atoms with van der Waals surface area (Å²) in [5, 5.41) is 2.92. The van der Waals surface area contributed by atoms with E-state index >= 15 is 0 Å². The number of nitrogens with one attached hydrogen (secondary N) is 1. The molecule has 0 heterocycles. The maximum absolute atomic E-state index is 11.6. The molecule has 2 heteroatoms. The second kappa shape index (κ2) is 5.79. The van der Waals surface area contributed by atoms with Gasteiger partial charge in [-0.1, -0.05) is 19.9 Å². The van der Waals surface area contributed by atoms with Gasteiger partial charge in [0.1, 0.15) is 0 Å². The summed E-state index contributed by atoms with van der Waals surface area (Å²) in [7, 11) is 0. The third kappa shape index (κ3) is 4.71. The molecule has 0 saturated carbocycles. The van der Waals surface area contributed by atoms with E-state index in [0.29, 0.717) is 5.92 Å². The molecule has 1 amide bonds. The molecular weight excluding hydrogens is 162 g/mol. The van der Waals surface area contributed by atoms with Gasteiger partial charge < -0.3 is 5.32 Å². The van der Waals surface area contributed by atoms with Crippen LogP contribution in [0.2, 0.25) is 0 Å². The number of carbonyl (C=O) groups excluding carboxylic acids is 1. The van der Waals surface area contributed by atoms with E-state index in [9.17, 15) is 4.79 Å². The first kappa shape index (κ1) is 12.2. The zero-order valence-electron chi connectivity index (χ0n) is 9.13. The number of rotatable bonds is 5. The largest absolute Gasteiger partial charge is 0.354 e. The van der Waals surface area contributed by atoms with Crippen LogP contribution in [0, 0.1) is 11.8 Å². The standard InChI is InChI=1S/C11H21NO/c1-6-7-10(8(2)3)11(13)12-9(4)5/h6,8-10H,1,7H2,2-5H3,(H,12,13). The highest BCUT2D eigenvalue weighted by atomic mass is 16.1. The van der Waals surface area contributed by atoms with E-state index in [4.69, 9.17) is 0 Å². The van der Waals surface area contributed by atoms with Crippen molar-refractivity contribution in [2.45, 2.75) is 40.2 Å². The molecule has 0 spiro atoms. The van der Waals surface area contributed by atoms with Gasteiger partial charge in [-0.2, -0.15) is 0 Å². The number of hydrogen-bond acceptors (Lipinski definition) is 1. The maximum atomic E-state index is 11.6. The average Bonchev–Trinajstić information content (AvgIpc) is 1.97. The van der Waals surface area contributed by atoms with Crippen LogP contribution in [0.15, 0.2) is 12.7 Å². The summed E-state index contributed by atoms with van der Waals surface area (Å²) in [6.45, 7) is 11.7. The molecule has 0 aliphatic heterocycles. The van der Waals surface area contributed by atoms with Gasteiger partial charge in [0.05, 0.1) is 0 Å². The first-order valence-corrected chi connectivity index (χ1v) is 4.90. The molecule has 1 unspecified atom stereocenters. The van der Waals surface area contributed by atoms with Gasteiger partial charge in [0.2, 0.25) is 5.91 Å². The van der Waals surface area contributed by atoms with Gasteiger partial charge in [0.15, 0.2) is 0 Å². The van der Waals surface area contributed by atoms with Crippen LogP contribution in [0.5, 0.6) is 0 Å². The lowest BCUT2D eigenvalue weighted by molar-refractivity contribution is -0.126. The molecule has 1 N–H and O–H groups in total. The van der Waals surface area contributed by atoms with Crippen LogP contribution >= 0.6 is 0 Å². The number of carbonyl (C=O) groups is 1. The number of allylic oxidation sites excluding steroid dienone is 1. The molecule has 0 aliphatic rings. The Morgan fingerprint density at radius 2 is 1.92 bits per heavy atom. The highest BCUT2D eigenvalue weighted by Gasteiger charge is 2.20. The van der Waals surface area contributed by atoms with Crippen molar-refractivity contribution in [1.82, 2.24) is 5.32 Å². The number of hydrogen-bond donors (Lipinski definition) is 1. The van der Waals surface area contributed by atoms with E-state index in [1.54, 1.807) is 0 Å². The first-order valence-electron chi connectivity index (χ1n) is 4.90. The van der Waals surface area contributed by atoms with Crippen molar-refractivity contribution in [3.63, 3.8) is 0 Å². The van der Waals surface area contributed by atoms with Crippen molar-refractivity contribution in [2.24, 2.45) is 11.8 Å². The molecular formula is C11H21NO. The molecule has 0 aromatic carbocycles. The van der Waals surface area contributed by atoms with Crippen molar-refractivity contribution >= 4 is 5.91 Å². The Morgan fingerprint density at radius 1 is 1.38 bits per heavy atom. The Hall–Kier alpha value is -0.790. The second-order valence-electron chi connectivity index (χ2n) is 4.04. The topological polar surface area (TPSA) is 29.1 Å². The second-order valence-corrected chi connectivity index (χ2v) is 4.04. The van der Waals surface area contributed by atoms with Crippen LogP contribution in [-0.4, -0.2) is 11.9 Å². The molecule has 2 nitrogen and oxygen atoms in total. The van der Waals surface area contributed by atoms with Crippen LogP contribution in [0.4, 0.5) is 0 Å².